The third kappa shape index (κ3) is 1.70. The maximum absolute atomic E-state index is 5.80. The van der Waals surface area contributed by atoms with Crippen LogP contribution in [-0.2, 0) is 0 Å². The van der Waals surface area contributed by atoms with Gasteiger partial charge in [0, 0.05) is 16.9 Å². The molecule has 1 unspecified atom stereocenters. The number of benzene rings is 1. The molecule has 0 amide bonds. The Kier molecular flexibility index (Phi) is 2.10. The molecular formula is C12H16N6. The van der Waals surface area contributed by atoms with Crippen LogP contribution >= 0.6 is 0 Å². The zero-order chi connectivity index (χ0) is 12.9. The molecule has 1 aromatic carbocycles. The molecule has 0 spiro atoms. The molecule has 18 heavy (non-hydrogen) atoms. The lowest BCUT2D eigenvalue weighted by Gasteiger charge is -2.07. The first-order valence-corrected chi connectivity index (χ1v) is 5.92. The average molecular weight is 244 g/mol. The fraction of sp³-hybridized carbons (Fsp3) is 0.417. The summed E-state index contributed by atoms with van der Waals surface area (Å²) >= 11 is 0. The van der Waals surface area contributed by atoms with E-state index in [-0.39, 0.29) is 5.41 Å². The SMILES string of the molecule is CC1(C)CC1n1nnnc1-c1cc(N)cc(N)c1. The minimum absolute atomic E-state index is 0.260. The third-order valence-electron chi connectivity index (χ3n) is 3.49. The Morgan fingerprint density at radius 1 is 1.22 bits per heavy atom. The molecule has 4 N–H and O–H groups in total. The average Bonchev–Trinajstić information content (AvgIpc) is 2.74. The molecule has 1 aromatic heterocycles. The molecule has 0 radical (unpaired) electrons. The van der Waals surface area contributed by atoms with Crippen molar-refractivity contribution in [3.05, 3.63) is 18.2 Å². The van der Waals surface area contributed by atoms with Gasteiger partial charge in [0.1, 0.15) is 0 Å². The fourth-order valence-electron chi connectivity index (χ4n) is 2.26. The molecule has 1 aliphatic carbocycles. The van der Waals surface area contributed by atoms with Gasteiger partial charge in [-0.25, -0.2) is 4.68 Å². The van der Waals surface area contributed by atoms with Crippen LogP contribution in [0, 0.1) is 5.41 Å². The molecule has 0 saturated heterocycles. The van der Waals surface area contributed by atoms with E-state index in [0.29, 0.717) is 17.4 Å². The molecule has 1 heterocycles. The minimum atomic E-state index is 0.260. The number of nitrogens with zero attached hydrogens (tertiary/aromatic N) is 4. The second-order valence-corrected chi connectivity index (χ2v) is 5.54. The normalized spacial score (nSPS) is 20.9. The van der Waals surface area contributed by atoms with E-state index in [0.717, 1.165) is 17.8 Å². The molecule has 1 saturated carbocycles. The van der Waals surface area contributed by atoms with E-state index in [1.165, 1.54) is 0 Å². The van der Waals surface area contributed by atoms with Crippen LogP contribution < -0.4 is 11.5 Å². The summed E-state index contributed by atoms with van der Waals surface area (Å²) in [5.74, 6) is 0.726. The van der Waals surface area contributed by atoms with E-state index in [1.54, 1.807) is 6.07 Å². The lowest BCUT2D eigenvalue weighted by atomic mass is 10.1. The Balaban J connectivity index is 2.05. The van der Waals surface area contributed by atoms with E-state index in [1.807, 2.05) is 16.8 Å². The quantitative estimate of drug-likeness (QED) is 0.780. The first-order chi connectivity index (χ1) is 8.47. The summed E-state index contributed by atoms with van der Waals surface area (Å²) in [6, 6.07) is 5.76. The molecule has 1 aliphatic rings. The van der Waals surface area contributed by atoms with Gasteiger partial charge in [-0.15, -0.1) is 5.10 Å². The van der Waals surface area contributed by atoms with Gasteiger partial charge in [-0.3, -0.25) is 0 Å². The Morgan fingerprint density at radius 2 is 1.83 bits per heavy atom. The molecule has 1 atom stereocenters. The van der Waals surface area contributed by atoms with Gasteiger partial charge in [-0.05, 0) is 40.5 Å². The highest BCUT2D eigenvalue weighted by atomic mass is 15.6. The summed E-state index contributed by atoms with van der Waals surface area (Å²) < 4.78 is 1.87. The molecular weight excluding hydrogens is 228 g/mol. The van der Waals surface area contributed by atoms with Crippen molar-refractivity contribution in [3.63, 3.8) is 0 Å². The molecule has 0 aliphatic heterocycles. The topological polar surface area (TPSA) is 95.6 Å². The molecule has 1 fully saturated rings. The van der Waals surface area contributed by atoms with E-state index in [2.05, 4.69) is 29.4 Å². The first-order valence-electron chi connectivity index (χ1n) is 5.92. The second-order valence-electron chi connectivity index (χ2n) is 5.54. The Hall–Kier alpha value is -2.11. The highest BCUT2D eigenvalue weighted by Crippen LogP contribution is 2.55. The fourth-order valence-corrected chi connectivity index (χ4v) is 2.26. The molecule has 94 valence electrons. The summed E-state index contributed by atoms with van der Waals surface area (Å²) in [5.41, 5.74) is 14.0. The second kappa shape index (κ2) is 3.44. The molecule has 6 heteroatoms. The van der Waals surface area contributed by atoms with Gasteiger partial charge in [0.15, 0.2) is 5.82 Å². The van der Waals surface area contributed by atoms with Crippen molar-refractivity contribution in [1.29, 1.82) is 0 Å². The van der Waals surface area contributed by atoms with Gasteiger partial charge in [-0.1, -0.05) is 13.8 Å². The third-order valence-corrected chi connectivity index (χ3v) is 3.49. The van der Waals surface area contributed by atoms with E-state index < -0.39 is 0 Å². The summed E-state index contributed by atoms with van der Waals surface area (Å²) in [6.45, 7) is 4.41. The number of hydrogen-bond acceptors (Lipinski definition) is 5. The minimum Gasteiger partial charge on any atom is -0.399 e. The van der Waals surface area contributed by atoms with Crippen LogP contribution in [0.2, 0.25) is 0 Å². The van der Waals surface area contributed by atoms with Gasteiger partial charge in [0.05, 0.1) is 6.04 Å². The van der Waals surface area contributed by atoms with E-state index in [4.69, 9.17) is 11.5 Å². The first kappa shape index (κ1) is 11.0. The van der Waals surface area contributed by atoms with Crippen molar-refractivity contribution < 1.29 is 0 Å². The van der Waals surface area contributed by atoms with Crippen molar-refractivity contribution in [1.82, 2.24) is 20.2 Å². The van der Waals surface area contributed by atoms with E-state index in [9.17, 15) is 0 Å². The van der Waals surface area contributed by atoms with Crippen LogP contribution in [0.1, 0.15) is 26.3 Å². The number of nitrogens with two attached hydrogens (primary N) is 2. The highest BCUT2D eigenvalue weighted by molar-refractivity contribution is 5.68. The number of hydrogen-bond donors (Lipinski definition) is 2. The highest BCUT2D eigenvalue weighted by Gasteiger charge is 2.49. The molecule has 3 rings (SSSR count). The lowest BCUT2D eigenvalue weighted by molar-refractivity contribution is 0.497. The standard InChI is InChI=1S/C12H16N6/c1-12(2)6-10(12)18-11(15-16-17-18)7-3-8(13)5-9(14)4-7/h3-5,10H,6,13-14H2,1-2H3. The Morgan fingerprint density at radius 3 is 2.39 bits per heavy atom. The van der Waals surface area contributed by atoms with Crippen LogP contribution in [0.15, 0.2) is 18.2 Å². The van der Waals surface area contributed by atoms with Gasteiger partial charge >= 0.3 is 0 Å². The van der Waals surface area contributed by atoms with Gasteiger partial charge in [0.25, 0.3) is 0 Å². The zero-order valence-corrected chi connectivity index (χ0v) is 10.5. The van der Waals surface area contributed by atoms with Crippen molar-refractivity contribution in [2.75, 3.05) is 11.5 Å². The van der Waals surface area contributed by atoms with Gasteiger partial charge in [0.2, 0.25) is 0 Å². The number of rotatable bonds is 2. The van der Waals surface area contributed by atoms with Crippen LogP contribution in [0.25, 0.3) is 11.4 Å². The molecule has 2 aromatic rings. The summed E-state index contributed by atoms with van der Waals surface area (Å²) in [6.07, 6.45) is 1.09. The summed E-state index contributed by atoms with van der Waals surface area (Å²) in [4.78, 5) is 0. The Labute approximate surface area is 105 Å². The van der Waals surface area contributed by atoms with Crippen molar-refractivity contribution >= 4 is 11.4 Å². The zero-order valence-electron chi connectivity index (χ0n) is 10.5. The van der Waals surface area contributed by atoms with Crippen LogP contribution in [0.5, 0.6) is 0 Å². The molecule has 6 nitrogen and oxygen atoms in total. The maximum atomic E-state index is 5.80. The van der Waals surface area contributed by atoms with Crippen molar-refractivity contribution in [2.45, 2.75) is 26.3 Å². The van der Waals surface area contributed by atoms with Crippen molar-refractivity contribution in [2.24, 2.45) is 5.41 Å². The predicted octanol–water partition coefficient (Wildman–Crippen LogP) is 1.48. The maximum Gasteiger partial charge on any atom is 0.182 e. The number of nitrogen functional groups attached to an aromatic ring is 2. The predicted molar refractivity (Wildman–Crippen MR) is 69.5 cm³/mol. The van der Waals surface area contributed by atoms with Crippen LogP contribution in [0.3, 0.4) is 0 Å². The Bertz CT molecular complexity index is 580. The van der Waals surface area contributed by atoms with Gasteiger partial charge in [-0.2, -0.15) is 0 Å². The van der Waals surface area contributed by atoms with Gasteiger partial charge < -0.3 is 11.5 Å². The lowest BCUT2D eigenvalue weighted by Crippen LogP contribution is -2.05. The van der Waals surface area contributed by atoms with Crippen LogP contribution in [0.4, 0.5) is 11.4 Å². The largest absolute Gasteiger partial charge is 0.399 e. The number of aromatic nitrogens is 4. The summed E-state index contributed by atoms with van der Waals surface area (Å²) in [5, 5.41) is 11.9. The summed E-state index contributed by atoms with van der Waals surface area (Å²) in [7, 11) is 0. The monoisotopic (exact) mass is 244 g/mol. The van der Waals surface area contributed by atoms with Crippen molar-refractivity contribution in [3.8, 4) is 11.4 Å². The molecule has 0 bridgehead atoms. The number of anilines is 2. The van der Waals surface area contributed by atoms with Crippen LogP contribution in [-0.4, -0.2) is 20.2 Å². The van der Waals surface area contributed by atoms with E-state index >= 15 is 0 Å². The smallest absolute Gasteiger partial charge is 0.182 e. The number of tetrazole rings is 1.